The van der Waals surface area contributed by atoms with Gasteiger partial charge in [-0.1, -0.05) is 24.3 Å². The number of benzene rings is 1. The summed E-state index contributed by atoms with van der Waals surface area (Å²) in [7, 11) is 1.53. The summed E-state index contributed by atoms with van der Waals surface area (Å²) in [6.07, 6.45) is 1.26. The van der Waals surface area contributed by atoms with E-state index in [-0.39, 0.29) is 18.4 Å². The lowest BCUT2D eigenvalue weighted by Gasteiger charge is -2.22. The Balaban J connectivity index is 1.75. The van der Waals surface area contributed by atoms with Crippen LogP contribution in [0.4, 0.5) is 4.79 Å². The predicted octanol–water partition coefficient (Wildman–Crippen LogP) is 0.143. The largest absolute Gasteiger partial charge is 0.383 e. The molecule has 7 nitrogen and oxygen atoms in total. The third-order valence-electron chi connectivity index (χ3n) is 4.35. The van der Waals surface area contributed by atoms with Crippen molar-refractivity contribution in [3.63, 3.8) is 0 Å². The molecule has 1 aliphatic carbocycles. The van der Waals surface area contributed by atoms with E-state index in [4.69, 9.17) is 4.74 Å². The van der Waals surface area contributed by atoms with Crippen molar-refractivity contribution in [2.45, 2.75) is 18.4 Å². The van der Waals surface area contributed by atoms with Crippen LogP contribution in [-0.4, -0.2) is 49.6 Å². The van der Waals surface area contributed by atoms with E-state index in [9.17, 15) is 14.4 Å². The van der Waals surface area contributed by atoms with E-state index in [0.29, 0.717) is 19.6 Å². The van der Waals surface area contributed by atoms with E-state index in [1.165, 1.54) is 7.11 Å². The van der Waals surface area contributed by atoms with Crippen LogP contribution in [0, 0.1) is 0 Å². The number of methoxy groups -OCH3 is 1. The van der Waals surface area contributed by atoms with Gasteiger partial charge in [0.1, 0.15) is 12.1 Å². The van der Waals surface area contributed by atoms with E-state index in [0.717, 1.165) is 22.4 Å². The monoisotopic (exact) mass is 317 g/mol. The van der Waals surface area contributed by atoms with Gasteiger partial charge in [0, 0.05) is 13.7 Å². The number of nitrogens with zero attached hydrogens (tertiary/aromatic N) is 1. The first-order valence-corrected chi connectivity index (χ1v) is 7.56. The summed E-state index contributed by atoms with van der Waals surface area (Å²) in [6.45, 7) is 0.439. The number of aryl methyl sites for hydroxylation is 1. The Morgan fingerprint density at radius 3 is 2.96 bits per heavy atom. The van der Waals surface area contributed by atoms with E-state index in [2.05, 4.69) is 10.6 Å². The van der Waals surface area contributed by atoms with Crippen molar-refractivity contribution in [2.75, 3.05) is 26.8 Å². The predicted molar refractivity (Wildman–Crippen MR) is 81.6 cm³/mol. The van der Waals surface area contributed by atoms with Crippen LogP contribution in [0.5, 0.6) is 0 Å². The number of fused-ring (bicyclic) bond motifs is 2. The molecule has 1 atom stereocenters. The van der Waals surface area contributed by atoms with E-state index in [1.807, 2.05) is 24.3 Å². The van der Waals surface area contributed by atoms with Crippen molar-refractivity contribution in [3.05, 3.63) is 35.4 Å². The molecule has 2 aliphatic rings. The molecule has 4 amide bonds. The molecule has 3 rings (SSSR count). The van der Waals surface area contributed by atoms with Crippen molar-refractivity contribution >= 4 is 17.8 Å². The zero-order valence-corrected chi connectivity index (χ0v) is 12.9. The number of hydrogen-bond acceptors (Lipinski definition) is 4. The Labute approximate surface area is 134 Å². The Bertz CT molecular complexity index is 660. The van der Waals surface area contributed by atoms with Crippen molar-refractivity contribution < 1.29 is 19.1 Å². The molecular weight excluding hydrogens is 298 g/mol. The van der Waals surface area contributed by atoms with Crippen LogP contribution in [0.2, 0.25) is 0 Å². The van der Waals surface area contributed by atoms with Gasteiger partial charge < -0.3 is 15.4 Å². The maximum atomic E-state index is 12.8. The Hall–Kier alpha value is -2.41. The smallest absolute Gasteiger partial charge is 0.325 e. The molecular formula is C16H19N3O4. The van der Waals surface area contributed by atoms with Crippen LogP contribution in [0.1, 0.15) is 17.5 Å². The number of imide groups is 1. The maximum absolute atomic E-state index is 12.8. The van der Waals surface area contributed by atoms with E-state index >= 15 is 0 Å². The van der Waals surface area contributed by atoms with Gasteiger partial charge in [0.05, 0.1) is 6.61 Å². The van der Waals surface area contributed by atoms with Crippen LogP contribution in [0.15, 0.2) is 24.3 Å². The van der Waals surface area contributed by atoms with Crippen molar-refractivity contribution in [1.82, 2.24) is 15.5 Å². The highest BCUT2D eigenvalue weighted by Gasteiger charge is 2.55. The minimum atomic E-state index is -1.01. The standard InChI is InChI=1S/C16H19N3O4/c1-23-9-8-17-13(20)10-19-14(21)16(18-15(19)22)7-6-11-4-2-3-5-12(11)16/h2-5H,6-10H2,1H3,(H,17,20)(H,18,22). The average molecular weight is 317 g/mol. The molecule has 1 heterocycles. The molecule has 0 aromatic heterocycles. The second kappa shape index (κ2) is 6.00. The second-order valence-corrected chi connectivity index (χ2v) is 5.73. The fourth-order valence-electron chi connectivity index (χ4n) is 3.23. The molecule has 1 fully saturated rings. The highest BCUT2D eigenvalue weighted by atomic mass is 16.5. The van der Waals surface area contributed by atoms with Crippen LogP contribution in [0.25, 0.3) is 0 Å². The van der Waals surface area contributed by atoms with Gasteiger partial charge in [0.15, 0.2) is 0 Å². The van der Waals surface area contributed by atoms with Gasteiger partial charge in [0.2, 0.25) is 5.91 Å². The molecule has 1 aliphatic heterocycles. The van der Waals surface area contributed by atoms with Gasteiger partial charge in [-0.15, -0.1) is 0 Å². The van der Waals surface area contributed by atoms with Gasteiger partial charge in [-0.25, -0.2) is 4.79 Å². The fourth-order valence-corrected chi connectivity index (χ4v) is 3.23. The van der Waals surface area contributed by atoms with Crippen molar-refractivity contribution in [3.8, 4) is 0 Å². The molecule has 1 unspecified atom stereocenters. The number of urea groups is 1. The summed E-state index contributed by atoms with van der Waals surface area (Å²) in [4.78, 5) is 37.9. The van der Waals surface area contributed by atoms with Crippen LogP contribution in [-0.2, 0) is 26.3 Å². The molecule has 23 heavy (non-hydrogen) atoms. The zero-order chi connectivity index (χ0) is 16.4. The summed E-state index contributed by atoms with van der Waals surface area (Å²) in [5, 5.41) is 5.40. The lowest BCUT2D eigenvalue weighted by molar-refractivity contribution is -0.135. The van der Waals surface area contributed by atoms with Gasteiger partial charge in [-0.2, -0.15) is 0 Å². The average Bonchev–Trinajstić information content (AvgIpc) is 3.02. The van der Waals surface area contributed by atoms with Gasteiger partial charge >= 0.3 is 6.03 Å². The number of nitrogens with one attached hydrogen (secondary N) is 2. The summed E-state index contributed by atoms with van der Waals surface area (Å²) in [5.74, 6) is -0.733. The molecule has 0 bridgehead atoms. The fraction of sp³-hybridized carbons (Fsp3) is 0.438. The lowest BCUT2D eigenvalue weighted by atomic mass is 9.92. The Kier molecular flexibility index (Phi) is 4.04. The first-order valence-electron chi connectivity index (χ1n) is 7.56. The number of amides is 4. The first-order chi connectivity index (χ1) is 11.1. The van der Waals surface area contributed by atoms with Gasteiger partial charge in [-0.05, 0) is 24.0 Å². The normalized spacial score (nSPS) is 22.4. The number of carbonyl (C=O) groups is 3. The third kappa shape index (κ3) is 2.57. The van der Waals surface area contributed by atoms with Gasteiger partial charge in [-0.3, -0.25) is 14.5 Å². The third-order valence-corrected chi connectivity index (χ3v) is 4.35. The summed E-state index contributed by atoms with van der Waals surface area (Å²) in [5.41, 5.74) is 0.883. The highest BCUT2D eigenvalue weighted by molar-refractivity contribution is 6.09. The minimum absolute atomic E-state index is 0.279. The molecule has 1 aromatic carbocycles. The molecule has 0 radical (unpaired) electrons. The minimum Gasteiger partial charge on any atom is -0.383 e. The Morgan fingerprint density at radius 2 is 2.17 bits per heavy atom. The zero-order valence-electron chi connectivity index (χ0n) is 12.9. The SMILES string of the molecule is COCCNC(=O)CN1C(=O)NC2(CCc3ccccc32)C1=O. The number of rotatable bonds is 5. The van der Waals surface area contributed by atoms with E-state index < -0.39 is 11.6 Å². The number of ether oxygens (including phenoxy) is 1. The second-order valence-electron chi connectivity index (χ2n) is 5.73. The number of carbonyl (C=O) groups excluding carboxylic acids is 3. The quantitative estimate of drug-likeness (QED) is 0.597. The van der Waals surface area contributed by atoms with Gasteiger partial charge in [0.25, 0.3) is 5.91 Å². The summed E-state index contributed by atoms with van der Waals surface area (Å²) in [6, 6.07) is 7.08. The molecule has 1 spiro atoms. The van der Waals surface area contributed by atoms with Crippen molar-refractivity contribution in [2.24, 2.45) is 0 Å². The summed E-state index contributed by atoms with van der Waals surface area (Å²) < 4.78 is 4.85. The Morgan fingerprint density at radius 1 is 1.39 bits per heavy atom. The highest BCUT2D eigenvalue weighted by Crippen LogP contribution is 2.41. The van der Waals surface area contributed by atoms with Crippen LogP contribution in [0.3, 0.4) is 0 Å². The molecule has 1 saturated heterocycles. The van der Waals surface area contributed by atoms with Crippen LogP contribution < -0.4 is 10.6 Å². The first kappa shape index (κ1) is 15.5. The number of hydrogen-bond donors (Lipinski definition) is 2. The molecule has 0 saturated carbocycles. The van der Waals surface area contributed by atoms with Crippen LogP contribution >= 0.6 is 0 Å². The molecule has 2 N–H and O–H groups in total. The molecule has 122 valence electrons. The van der Waals surface area contributed by atoms with E-state index in [1.54, 1.807) is 0 Å². The summed E-state index contributed by atoms with van der Waals surface area (Å²) >= 11 is 0. The van der Waals surface area contributed by atoms with Crippen molar-refractivity contribution in [1.29, 1.82) is 0 Å². The maximum Gasteiger partial charge on any atom is 0.325 e. The lowest BCUT2D eigenvalue weighted by Crippen LogP contribution is -2.44. The topological polar surface area (TPSA) is 87.7 Å². The molecule has 1 aromatic rings. The molecule has 7 heteroatoms.